The van der Waals surface area contributed by atoms with Gasteiger partial charge in [-0.15, -0.1) is 0 Å². The van der Waals surface area contributed by atoms with Crippen LogP contribution in [0.5, 0.6) is 0 Å². The molecule has 0 unspecified atom stereocenters. The van der Waals surface area contributed by atoms with Gasteiger partial charge in [0, 0.05) is 13.0 Å². The van der Waals surface area contributed by atoms with Crippen LogP contribution in [0.2, 0.25) is 0 Å². The van der Waals surface area contributed by atoms with Crippen molar-refractivity contribution in [2.45, 2.75) is 116 Å². The van der Waals surface area contributed by atoms with Gasteiger partial charge in [0.25, 0.3) is 0 Å². The van der Waals surface area contributed by atoms with E-state index in [2.05, 4.69) is 36.6 Å². The molecule has 0 aromatic carbocycles. The van der Waals surface area contributed by atoms with Crippen LogP contribution in [0.4, 0.5) is 0 Å². The molecule has 0 aliphatic rings. The van der Waals surface area contributed by atoms with Crippen molar-refractivity contribution in [3.63, 3.8) is 0 Å². The quantitative estimate of drug-likeness (QED) is 0.235. The molecule has 29 heavy (non-hydrogen) atoms. The zero-order chi connectivity index (χ0) is 22.0. The molecule has 0 spiro atoms. The lowest BCUT2D eigenvalue weighted by molar-refractivity contribution is -0.121. The number of amides is 1. The van der Waals surface area contributed by atoms with E-state index >= 15 is 0 Å². The van der Waals surface area contributed by atoms with Gasteiger partial charge in [-0.05, 0) is 47.6 Å². The van der Waals surface area contributed by atoms with E-state index in [0.717, 1.165) is 25.9 Å². The Bertz CT molecular complexity index is 308. The van der Waals surface area contributed by atoms with Crippen molar-refractivity contribution in [1.29, 1.82) is 0 Å². The molecule has 0 fully saturated rings. The molecule has 0 aromatic rings. The molecule has 2 N–H and O–H groups in total. The molecular formula is C25H55N3O. The minimum atomic E-state index is 0.235. The van der Waals surface area contributed by atoms with Crippen molar-refractivity contribution < 1.29 is 4.79 Å². The number of nitrogens with one attached hydrogen (secondary N) is 2. The molecule has 0 atom stereocenters. The molecule has 0 aliphatic heterocycles. The van der Waals surface area contributed by atoms with Gasteiger partial charge in [-0.2, -0.15) is 0 Å². The van der Waals surface area contributed by atoms with Gasteiger partial charge in [0.2, 0.25) is 5.91 Å². The summed E-state index contributed by atoms with van der Waals surface area (Å²) < 4.78 is 0. The average Bonchev–Trinajstić information content (AvgIpc) is 2.68. The van der Waals surface area contributed by atoms with E-state index in [1.165, 1.54) is 89.9 Å². The Kier molecular flexibility index (Phi) is 28.9. The monoisotopic (exact) mass is 413 g/mol. The lowest BCUT2D eigenvalue weighted by Gasteiger charge is -2.09. The predicted molar refractivity (Wildman–Crippen MR) is 131 cm³/mol. The van der Waals surface area contributed by atoms with Crippen LogP contribution in [0.3, 0.4) is 0 Å². The first kappa shape index (κ1) is 30.6. The molecule has 4 nitrogen and oxygen atoms in total. The van der Waals surface area contributed by atoms with Crippen LogP contribution in [0.1, 0.15) is 116 Å². The summed E-state index contributed by atoms with van der Waals surface area (Å²) in [4.78, 5) is 13.9. The fourth-order valence-electron chi connectivity index (χ4n) is 3.37. The zero-order valence-corrected chi connectivity index (χ0v) is 20.8. The molecule has 176 valence electrons. The SMILES string of the molecule is CCCCCCCCCCCCCCCCCC(=O)NCCCN(C)C.CNC. The van der Waals surface area contributed by atoms with Gasteiger partial charge >= 0.3 is 0 Å². The Morgan fingerprint density at radius 3 is 1.41 bits per heavy atom. The minimum absolute atomic E-state index is 0.235. The van der Waals surface area contributed by atoms with Crippen molar-refractivity contribution in [2.75, 3.05) is 41.3 Å². The average molecular weight is 414 g/mol. The maximum atomic E-state index is 11.7. The summed E-state index contributed by atoms with van der Waals surface area (Å²) in [5.74, 6) is 0.235. The first-order chi connectivity index (χ1) is 14.1. The van der Waals surface area contributed by atoms with Gasteiger partial charge in [-0.3, -0.25) is 4.79 Å². The van der Waals surface area contributed by atoms with E-state index in [-0.39, 0.29) is 5.91 Å². The molecule has 1 amide bonds. The van der Waals surface area contributed by atoms with Gasteiger partial charge in [0.05, 0.1) is 0 Å². The Morgan fingerprint density at radius 2 is 1.03 bits per heavy atom. The smallest absolute Gasteiger partial charge is 0.219 e. The first-order valence-electron chi connectivity index (χ1n) is 12.6. The summed E-state index contributed by atoms with van der Waals surface area (Å²) in [6, 6.07) is 0. The second-order valence-corrected chi connectivity index (χ2v) is 8.71. The number of nitrogens with zero attached hydrogens (tertiary/aromatic N) is 1. The summed E-state index contributed by atoms with van der Waals surface area (Å²) in [7, 11) is 7.88. The molecule has 0 saturated carbocycles. The highest BCUT2D eigenvalue weighted by Crippen LogP contribution is 2.13. The van der Waals surface area contributed by atoms with Crippen LogP contribution in [0, 0.1) is 0 Å². The molecule has 0 aromatic heterocycles. The van der Waals surface area contributed by atoms with E-state index < -0.39 is 0 Å². The number of unbranched alkanes of at least 4 members (excludes halogenated alkanes) is 14. The Balaban J connectivity index is 0. The van der Waals surface area contributed by atoms with E-state index in [1.54, 1.807) is 0 Å². The summed E-state index contributed by atoms with van der Waals surface area (Å²) in [5.41, 5.74) is 0. The maximum Gasteiger partial charge on any atom is 0.219 e. The lowest BCUT2D eigenvalue weighted by Crippen LogP contribution is -2.26. The van der Waals surface area contributed by atoms with E-state index in [1.807, 2.05) is 14.1 Å². The Hall–Kier alpha value is -0.610. The highest BCUT2D eigenvalue weighted by Gasteiger charge is 2.00. The van der Waals surface area contributed by atoms with Gasteiger partial charge in [-0.1, -0.05) is 96.8 Å². The fraction of sp³-hybridized carbons (Fsp3) is 0.960. The predicted octanol–water partition coefficient (Wildman–Crippen LogP) is 6.15. The van der Waals surface area contributed by atoms with Crippen molar-refractivity contribution in [3.05, 3.63) is 0 Å². The number of carbonyl (C=O) groups excluding carboxylic acids is 1. The van der Waals surface area contributed by atoms with Crippen molar-refractivity contribution in [1.82, 2.24) is 15.5 Å². The third-order valence-corrected chi connectivity index (χ3v) is 5.11. The summed E-state index contributed by atoms with van der Waals surface area (Å²) in [5, 5.41) is 5.77. The second kappa shape index (κ2) is 27.4. The van der Waals surface area contributed by atoms with Crippen molar-refractivity contribution in [3.8, 4) is 0 Å². The van der Waals surface area contributed by atoms with E-state index in [9.17, 15) is 4.79 Å². The van der Waals surface area contributed by atoms with Crippen LogP contribution in [-0.2, 0) is 4.79 Å². The molecule has 0 bridgehead atoms. The van der Waals surface area contributed by atoms with Gasteiger partial charge in [0.15, 0.2) is 0 Å². The largest absolute Gasteiger partial charge is 0.356 e. The summed E-state index contributed by atoms with van der Waals surface area (Å²) in [6.07, 6.45) is 22.3. The fourth-order valence-corrected chi connectivity index (χ4v) is 3.37. The topological polar surface area (TPSA) is 44.4 Å². The minimum Gasteiger partial charge on any atom is -0.356 e. The summed E-state index contributed by atoms with van der Waals surface area (Å²) in [6.45, 7) is 4.14. The Morgan fingerprint density at radius 1 is 0.655 bits per heavy atom. The molecule has 0 saturated heterocycles. The standard InChI is InChI=1S/C23H48N2O.C2H7N/c1-4-5-6-7-8-9-10-11-12-13-14-15-16-17-18-20-23(26)24-21-19-22-25(2)3;1-3-2/h4-22H2,1-3H3,(H,24,26);3H,1-2H3. The van der Waals surface area contributed by atoms with Gasteiger partial charge < -0.3 is 15.5 Å². The van der Waals surface area contributed by atoms with Crippen LogP contribution >= 0.6 is 0 Å². The maximum absolute atomic E-state index is 11.7. The molecule has 4 heteroatoms. The number of carbonyl (C=O) groups is 1. The number of hydrogen-bond donors (Lipinski definition) is 2. The van der Waals surface area contributed by atoms with Crippen LogP contribution < -0.4 is 10.6 Å². The third kappa shape index (κ3) is 32.3. The molecule has 0 radical (unpaired) electrons. The summed E-state index contributed by atoms with van der Waals surface area (Å²) >= 11 is 0. The highest BCUT2D eigenvalue weighted by atomic mass is 16.1. The van der Waals surface area contributed by atoms with Crippen molar-refractivity contribution >= 4 is 5.91 Å². The van der Waals surface area contributed by atoms with Crippen molar-refractivity contribution in [2.24, 2.45) is 0 Å². The molecule has 0 aliphatic carbocycles. The zero-order valence-electron chi connectivity index (χ0n) is 20.8. The van der Waals surface area contributed by atoms with Gasteiger partial charge in [0.1, 0.15) is 0 Å². The van der Waals surface area contributed by atoms with Gasteiger partial charge in [-0.25, -0.2) is 0 Å². The normalized spacial score (nSPS) is 10.7. The number of rotatable bonds is 20. The molecular weight excluding hydrogens is 358 g/mol. The first-order valence-corrected chi connectivity index (χ1v) is 12.6. The molecule has 0 rings (SSSR count). The van der Waals surface area contributed by atoms with E-state index in [4.69, 9.17) is 0 Å². The van der Waals surface area contributed by atoms with E-state index in [0.29, 0.717) is 6.42 Å². The Labute approximate surface area is 184 Å². The lowest BCUT2D eigenvalue weighted by atomic mass is 10.0. The molecule has 0 heterocycles. The second-order valence-electron chi connectivity index (χ2n) is 8.71. The highest BCUT2D eigenvalue weighted by molar-refractivity contribution is 5.75. The number of hydrogen-bond acceptors (Lipinski definition) is 3. The van der Waals surface area contributed by atoms with Crippen LogP contribution in [0.25, 0.3) is 0 Å². The van der Waals surface area contributed by atoms with Crippen LogP contribution in [-0.4, -0.2) is 52.1 Å². The third-order valence-electron chi connectivity index (χ3n) is 5.11. The van der Waals surface area contributed by atoms with Crippen LogP contribution in [0.15, 0.2) is 0 Å².